The number of urea groups is 1. The Balaban J connectivity index is 0.000000727. The minimum atomic E-state index is -5.19. The second kappa shape index (κ2) is 15.9. The SMILES string of the molecule is CCOC(=O)c1ccc(NC(=O)N(C(=O)[C@@H](N)Cc2ccc(O)cc2)[C@H]2CC[N+](C)(Cc3ccc4c(c3)OCO4)C2)cc1.O=C([O-])C(F)(F)F. The number of ether oxygens (including phenoxy) is 3. The summed E-state index contributed by atoms with van der Waals surface area (Å²) in [5, 5.41) is 21.2. The van der Waals surface area contributed by atoms with Crippen molar-refractivity contribution >= 4 is 29.6 Å². The van der Waals surface area contributed by atoms with Crippen molar-refractivity contribution in [3.63, 3.8) is 0 Å². The summed E-state index contributed by atoms with van der Waals surface area (Å²) < 4.78 is 48.2. The Bertz CT molecular complexity index is 1690. The van der Waals surface area contributed by atoms with E-state index in [0.29, 0.717) is 41.0 Å². The van der Waals surface area contributed by atoms with Crippen LogP contribution in [0.2, 0.25) is 0 Å². The number of hydrogen-bond donors (Lipinski definition) is 3. The first-order chi connectivity index (χ1) is 23.6. The van der Waals surface area contributed by atoms with E-state index >= 15 is 0 Å². The smallest absolute Gasteiger partial charge is 0.430 e. The van der Waals surface area contributed by atoms with Crippen molar-refractivity contribution in [3.05, 3.63) is 83.4 Å². The summed E-state index contributed by atoms with van der Waals surface area (Å²) in [7, 11) is 2.11. The highest BCUT2D eigenvalue weighted by Gasteiger charge is 2.43. The Hall–Kier alpha value is -5.35. The van der Waals surface area contributed by atoms with Crippen molar-refractivity contribution in [3.8, 4) is 17.2 Å². The number of alkyl halides is 3. The van der Waals surface area contributed by atoms with Crippen molar-refractivity contribution in [1.82, 2.24) is 4.90 Å². The van der Waals surface area contributed by atoms with Gasteiger partial charge in [0, 0.05) is 17.7 Å². The molecule has 3 aromatic carbocycles. The topological polar surface area (TPSA) is 181 Å². The number of nitrogens with zero attached hydrogens (tertiary/aromatic N) is 2. The normalized spacial score (nSPS) is 18.3. The van der Waals surface area contributed by atoms with Crippen molar-refractivity contribution in [2.24, 2.45) is 5.73 Å². The molecule has 16 heteroatoms. The lowest BCUT2D eigenvalue weighted by atomic mass is 10.0. The average molecular weight is 703 g/mol. The monoisotopic (exact) mass is 702 g/mol. The first-order valence-electron chi connectivity index (χ1n) is 15.5. The summed E-state index contributed by atoms with van der Waals surface area (Å²) in [5.74, 6) is -2.41. The number of anilines is 1. The van der Waals surface area contributed by atoms with Crippen molar-refractivity contribution in [1.29, 1.82) is 0 Å². The van der Waals surface area contributed by atoms with E-state index in [0.717, 1.165) is 23.4 Å². The number of imide groups is 1. The highest BCUT2D eigenvalue weighted by atomic mass is 19.4. The fourth-order valence-electron chi connectivity index (χ4n) is 5.67. The second-order valence-corrected chi connectivity index (χ2v) is 12.0. The number of likely N-dealkylation sites (N-methyl/N-ethyl adjacent to an activating group) is 1. The molecule has 2 heterocycles. The zero-order chi connectivity index (χ0) is 36.6. The number of fused-ring (bicyclic) bond motifs is 1. The van der Waals surface area contributed by atoms with Crippen LogP contribution >= 0.6 is 0 Å². The van der Waals surface area contributed by atoms with Gasteiger partial charge in [0.25, 0.3) is 0 Å². The lowest BCUT2D eigenvalue weighted by Crippen LogP contribution is -2.55. The predicted octanol–water partition coefficient (Wildman–Crippen LogP) is 2.95. The number of aliphatic carboxylic acids is 1. The van der Waals surface area contributed by atoms with E-state index in [1.807, 2.05) is 18.2 Å². The van der Waals surface area contributed by atoms with Crippen LogP contribution in [0, 0.1) is 0 Å². The van der Waals surface area contributed by atoms with Crippen LogP contribution in [-0.2, 0) is 27.3 Å². The summed E-state index contributed by atoms with van der Waals surface area (Å²) in [6, 6.07) is 16.7. The van der Waals surface area contributed by atoms with Gasteiger partial charge >= 0.3 is 18.2 Å². The van der Waals surface area contributed by atoms with Gasteiger partial charge in [-0.25, -0.2) is 9.59 Å². The van der Waals surface area contributed by atoms with Crippen LogP contribution in [0.3, 0.4) is 0 Å². The summed E-state index contributed by atoms with van der Waals surface area (Å²) in [4.78, 5) is 49.7. The number of amides is 3. The molecule has 0 aromatic heterocycles. The number of likely N-dealkylation sites (tertiary alicyclic amines) is 1. The molecule has 0 spiro atoms. The number of rotatable bonds is 9. The third-order valence-corrected chi connectivity index (χ3v) is 8.06. The van der Waals surface area contributed by atoms with E-state index in [1.165, 1.54) is 17.0 Å². The maximum Gasteiger partial charge on any atom is 0.430 e. The lowest BCUT2D eigenvalue weighted by Gasteiger charge is -2.33. The number of benzene rings is 3. The summed E-state index contributed by atoms with van der Waals surface area (Å²) in [5.41, 5.74) is 9.02. The number of quaternary nitrogens is 1. The Kier molecular flexibility index (Phi) is 11.9. The predicted molar refractivity (Wildman–Crippen MR) is 170 cm³/mol. The number of phenols is 1. The van der Waals surface area contributed by atoms with Gasteiger partial charge in [0.05, 0.1) is 37.8 Å². The molecule has 5 rings (SSSR count). The highest BCUT2D eigenvalue weighted by molar-refractivity contribution is 6.03. The molecule has 0 aliphatic carbocycles. The summed E-state index contributed by atoms with van der Waals surface area (Å²) in [6.45, 7) is 4.16. The molecule has 3 amide bonds. The van der Waals surface area contributed by atoms with Crippen LogP contribution in [0.1, 0.15) is 34.8 Å². The average Bonchev–Trinajstić information content (AvgIpc) is 3.68. The molecular weight excluding hydrogens is 665 g/mol. The lowest BCUT2D eigenvalue weighted by molar-refractivity contribution is -0.911. The third-order valence-electron chi connectivity index (χ3n) is 8.06. The number of nitrogens with two attached hydrogens (primary N) is 1. The maximum absolute atomic E-state index is 13.8. The molecule has 1 fully saturated rings. The fraction of sp³-hybridized carbons (Fsp3) is 0.353. The van der Waals surface area contributed by atoms with Crippen LogP contribution in [0.15, 0.2) is 66.7 Å². The Morgan fingerprint density at radius 1 is 1.04 bits per heavy atom. The minimum Gasteiger partial charge on any atom is -0.542 e. The van der Waals surface area contributed by atoms with Gasteiger partial charge in [-0.3, -0.25) is 9.69 Å². The van der Waals surface area contributed by atoms with Crippen molar-refractivity contribution in [2.75, 3.05) is 38.9 Å². The molecule has 50 heavy (non-hydrogen) atoms. The third kappa shape index (κ3) is 9.85. The molecule has 3 atom stereocenters. The Morgan fingerprint density at radius 3 is 2.28 bits per heavy atom. The molecule has 0 bridgehead atoms. The maximum atomic E-state index is 13.8. The van der Waals surface area contributed by atoms with Crippen LogP contribution < -0.4 is 25.6 Å². The van der Waals surface area contributed by atoms with Crippen molar-refractivity contribution < 1.29 is 61.3 Å². The minimum absolute atomic E-state index is 0.115. The molecule has 4 N–H and O–H groups in total. The number of halogens is 3. The number of carboxylic acid groups (broad SMARTS) is 1. The van der Waals surface area contributed by atoms with Gasteiger partial charge in [-0.2, -0.15) is 13.2 Å². The van der Waals surface area contributed by atoms with E-state index in [4.69, 9.17) is 29.8 Å². The summed E-state index contributed by atoms with van der Waals surface area (Å²) >= 11 is 0. The molecule has 3 aromatic rings. The van der Waals surface area contributed by atoms with E-state index in [-0.39, 0.29) is 25.6 Å². The Morgan fingerprint density at radius 2 is 1.66 bits per heavy atom. The second-order valence-electron chi connectivity index (χ2n) is 12.0. The van der Waals surface area contributed by atoms with E-state index in [9.17, 15) is 32.7 Å². The number of carbonyl (C=O) groups is 4. The molecule has 0 saturated carbocycles. The largest absolute Gasteiger partial charge is 0.542 e. The molecule has 268 valence electrons. The number of hydrogen-bond acceptors (Lipinski definition) is 10. The highest BCUT2D eigenvalue weighted by Crippen LogP contribution is 2.34. The number of nitrogens with one attached hydrogen (secondary N) is 1. The number of aromatic hydroxyl groups is 1. The van der Waals surface area contributed by atoms with Crippen LogP contribution in [-0.4, -0.2) is 90.2 Å². The first-order valence-corrected chi connectivity index (χ1v) is 15.5. The number of esters is 1. The van der Waals surface area contributed by atoms with Crippen LogP contribution in [0.4, 0.5) is 23.7 Å². The van der Waals surface area contributed by atoms with Gasteiger partial charge in [-0.15, -0.1) is 0 Å². The molecule has 1 saturated heterocycles. The van der Waals surface area contributed by atoms with Crippen molar-refractivity contribution in [2.45, 2.75) is 44.6 Å². The molecule has 2 aliphatic rings. The van der Waals surface area contributed by atoms with E-state index < -0.39 is 42.1 Å². The molecular formula is C34H37F3N4O9. The zero-order valence-corrected chi connectivity index (χ0v) is 27.3. The molecule has 2 aliphatic heterocycles. The fourth-order valence-corrected chi connectivity index (χ4v) is 5.67. The molecule has 0 radical (unpaired) electrons. The van der Waals surface area contributed by atoms with Gasteiger partial charge in [-0.05, 0) is 73.5 Å². The van der Waals surface area contributed by atoms with Crippen LogP contribution in [0.25, 0.3) is 0 Å². The van der Waals surface area contributed by atoms with Crippen LogP contribution in [0.5, 0.6) is 17.2 Å². The standard InChI is InChI=1S/C32H36N4O7.C2HF3O2/c1-3-41-31(39)23-7-9-24(10-8-23)34-32(40)35(30(38)27(33)16-21-4-11-26(37)12-5-21)25-14-15-36(2,19-25)18-22-6-13-28-29(17-22)43-20-42-28;3-2(4,5)1(6)7/h4-13,17,25,27H,3,14-16,18-20,33H2,1-2H3,(H-,34,37,39,40);(H,6,7)/t25-,27-,36?;/m0./s1. The van der Waals surface area contributed by atoms with Gasteiger partial charge < -0.3 is 44.8 Å². The van der Waals surface area contributed by atoms with E-state index in [2.05, 4.69) is 12.4 Å². The van der Waals surface area contributed by atoms with E-state index in [1.54, 1.807) is 43.3 Å². The molecule has 1 unspecified atom stereocenters. The number of carbonyl (C=O) groups excluding carboxylic acids is 4. The van der Waals surface area contributed by atoms with Gasteiger partial charge in [0.1, 0.15) is 24.8 Å². The zero-order valence-electron chi connectivity index (χ0n) is 27.3. The molecule has 13 nitrogen and oxygen atoms in total. The quantitative estimate of drug-likeness (QED) is 0.222. The number of carboxylic acids is 1. The summed E-state index contributed by atoms with van der Waals surface area (Å²) in [6.07, 6.45) is -4.39. The van der Waals surface area contributed by atoms with Gasteiger partial charge in [0.15, 0.2) is 11.5 Å². The first kappa shape index (κ1) is 37.5. The van der Waals surface area contributed by atoms with Gasteiger partial charge in [-0.1, -0.05) is 12.1 Å². The number of phenolic OH excluding ortho intramolecular Hbond substituents is 1. The van der Waals surface area contributed by atoms with Gasteiger partial charge in [0.2, 0.25) is 12.7 Å². The Labute approximate surface area is 285 Å².